The van der Waals surface area contributed by atoms with Crippen molar-refractivity contribution < 1.29 is 14.3 Å². The van der Waals surface area contributed by atoms with Gasteiger partial charge in [0.1, 0.15) is 5.52 Å². The first-order valence-corrected chi connectivity index (χ1v) is 13.4. The van der Waals surface area contributed by atoms with Gasteiger partial charge in [-0.2, -0.15) is 18.6 Å². The number of amides is 2. The van der Waals surface area contributed by atoms with Crippen LogP contribution in [-0.2, 0) is 20.9 Å². The molecule has 0 bridgehead atoms. The molecule has 2 aliphatic heterocycles. The standard InChI is InChI=1S/C28H31N9O3.H2S/c1-2-4-25(38)29-17-26(39)35-9-7-34(8-10-35)18-20-15-24-28(36-11-13-40-14-12-36)31-27(33-37(24)19-20)21-5-3-6-23-22(21)16-30-32-23;/h3,5-6,15-16,19H,7-14,17-18H2,1H3,(H,29,38)(H,30,32);1H2. The zero-order chi connectivity index (χ0) is 27.5. The number of carbonyl (C=O) groups excluding carboxylic acids is 2. The van der Waals surface area contributed by atoms with Gasteiger partial charge in [-0.25, -0.2) is 9.50 Å². The van der Waals surface area contributed by atoms with Gasteiger partial charge >= 0.3 is 0 Å². The number of hydrogen-bond acceptors (Lipinski definition) is 8. The van der Waals surface area contributed by atoms with Gasteiger partial charge in [0, 0.05) is 63.0 Å². The van der Waals surface area contributed by atoms with Crippen LogP contribution in [0.15, 0.2) is 36.7 Å². The maximum absolute atomic E-state index is 12.5. The first kappa shape index (κ1) is 28.4. The minimum Gasteiger partial charge on any atom is -0.378 e. The van der Waals surface area contributed by atoms with E-state index in [1.165, 1.54) is 0 Å². The summed E-state index contributed by atoms with van der Waals surface area (Å²) < 4.78 is 7.53. The Bertz CT molecular complexity index is 1610. The maximum Gasteiger partial charge on any atom is 0.296 e. The van der Waals surface area contributed by atoms with Crippen molar-refractivity contribution in [2.75, 3.05) is 63.9 Å². The van der Waals surface area contributed by atoms with Crippen LogP contribution in [0.4, 0.5) is 5.82 Å². The molecule has 0 aliphatic carbocycles. The number of anilines is 1. The van der Waals surface area contributed by atoms with Crippen molar-refractivity contribution in [2.45, 2.75) is 13.5 Å². The zero-order valence-electron chi connectivity index (χ0n) is 22.9. The molecular formula is C28H33N9O3S. The van der Waals surface area contributed by atoms with E-state index in [0.717, 1.165) is 66.1 Å². The molecule has 5 heterocycles. The Morgan fingerprint density at radius 3 is 2.71 bits per heavy atom. The lowest BCUT2D eigenvalue weighted by Crippen LogP contribution is -2.50. The van der Waals surface area contributed by atoms with Crippen molar-refractivity contribution in [2.24, 2.45) is 0 Å². The minimum absolute atomic E-state index is 0. The summed E-state index contributed by atoms with van der Waals surface area (Å²) in [5.74, 6) is 5.94. The molecule has 6 rings (SSSR count). The summed E-state index contributed by atoms with van der Waals surface area (Å²) in [7, 11) is 0. The molecule has 0 saturated carbocycles. The van der Waals surface area contributed by atoms with Crippen LogP contribution in [0.3, 0.4) is 0 Å². The average Bonchev–Trinajstić information content (AvgIpc) is 3.63. The van der Waals surface area contributed by atoms with Crippen LogP contribution in [0.25, 0.3) is 27.8 Å². The number of aromatic amines is 1. The van der Waals surface area contributed by atoms with Crippen LogP contribution in [-0.4, -0.2) is 105 Å². The Morgan fingerprint density at radius 1 is 1.12 bits per heavy atom. The van der Waals surface area contributed by atoms with Gasteiger partial charge in [-0.3, -0.25) is 19.6 Å². The van der Waals surface area contributed by atoms with E-state index in [2.05, 4.69) is 49.4 Å². The molecule has 0 spiro atoms. The molecule has 12 nitrogen and oxygen atoms in total. The molecule has 0 radical (unpaired) electrons. The number of carbonyl (C=O) groups is 2. The number of aromatic nitrogens is 5. The highest BCUT2D eigenvalue weighted by atomic mass is 32.1. The second kappa shape index (κ2) is 12.6. The van der Waals surface area contributed by atoms with Gasteiger partial charge < -0.3 is 19.9 Å². The second-order valence-electron chi connectivity index (χ2n) is 9.89. The second-order valence-corrected chi connectivity index (χ2v) is 9.89. The van der Waals surface area contributed by atoms with Crippen molar-refractivity contribution in [1.29, 1.82) is 0 Å². The van der Waals surface area contributed by atoms with Gasteiger partial charge in [0.05, 0.1) is 31.5 Å². The average molecular weight is 576 g/mol. The first-order chi connectivity index (χ1) is 19.6. The number of benzene rings is 1. The number of morpholine rings is 1. The lowest BCUT2D eigenvalue weighted by Gasteiger charge is -2.34. The van der Waals surface area contributed by atoms with Gasteiger partial charge in [0.25, 0.3) is 5.91 Å². The zero-order valence-corrected chi connectivity index (χ0v) is 23.9. The molecule has 0 atom stereocenters. The Morgan fingerprint density at radius 2 is 1.93 bits per heavy atom. The quantitative estimate of drug-likeness (QED) is 0.327. The fourth-order valence-electron chi connectivity index (χ4n) is 5.25. The van der Waals surface area contributed by atoms with Gasteiger partial charge in [-0.05, 0) is 30.5 Å². The number of nitrogens with zero attached hydrogens (tertiary/aromatic N) is 7. The van der Waals surface area contributed by atoms with Crippen molar-refractivity contribution in [1.82, 2.24) is 39.9 Å². The van der Waals surface area contributed by atoms with E-state index < -0.39 is 5.91 Å². The van der Waals surface area contributed by atoms with E-state index in [1.807, 2.05) is 28.9 Å². The number of ether oxygens (including phenoxy) is 1. The molecule has 41 heavy (non-hydrogen) atoms. The van der Waals surface area contributed by atoms with E-state index >= 15 is 0 Å². The van der Waals surface area contributed by atoms with Gasteiger partial charge in [-0.1, -0.05) is 18.1 Å². The molecular weight excluding hydrogens is 542 g/mol. The van der Waals surface area contributed by atoms with E-state index in [4.69, 9.17) is 14.8 Å². The molecule has 13 heteroatoms. The van der Waals surface area contributed by atoms with Crippen LogP contribution in [0.5, 0.6) is 0 Å². The van der Waals surface area contributed by atoms with Crippen LogP contribution in [0, 0.1) is 11.8 Å². The van der Waals surface area contributed by atoms with E-state index in [0.29, 0.717) is 32.1 Å². The SMILES string of the molecule is CC#CC(=O)NCC(=O)N1CCN(Cc2cc3c(N4CCOCC4)nc(-c4cccc5[nH]ncc45)nn3c2)CC1.S. The summed E-state index contributed by atoms with van der Waals surface area (Å²) in [5, 5.41) is 15.7. The lowest BCUT2D eigenvalue weighted by molar-refractivity contribution is -0.133. The van der Waals surface area contributed by atoms with Gasteiger partial charge in [-0.15, -0.1) is 5.10 Å². The molecule has 214 valence electrons. The predicted octanol–water partition coefficient (Wildman–Crippen LogP) is 1.01. The number of hydrogen-bond donors (Lipinski definition) is 2. The molecule has 2 saturated heterocycles. The monoisotopic (exact) mass is 575 g/mol. The summed E-state index contributed by atoms with van der Waals surface area (Å²) in [6.45, 7) is 7.87. The van der Waals surface area contributed by atoms with Gasteiger partial charge in [0.15, 0.2) is 11.6 Å². The number of nitrogens with one attached hydrogen (secondary N) is 2. The predicted molar refractivity (Wildman–Crippen MR) is 160 cm³/mol. The summed E-state index contributed by atoms with van der Waals surface area (Å²) in [5.41, 5.74) is 3.96. The van der Waals surface area contributed by atoms with Crippen LogP contribution in [0.1, 0.15) is 12.5 Å². The van der Waals surface area contributed by atoms with Crippen LogP contribution in [0.2, 0.25) is 0 Å². The molecule has 2 N–H and O–H groups in total. The molecule has 3 aromatic heterocycles. The van der Waals surface area contributed by atoms with Crippen LogP contribution < -0.4 is 10.2 Å². The smallest absolute Gasteiger partial charge is 0.296 e. The fourth-order valence-corrected chi connectivity index (χ4v) is 5.25. The highest BCUT2D eigenvalue weighted by molar-refractivity contribution is 7.59. The minimum atomic E-state index is -0.431. The van der Waals surface area contributed by atoms with Gasteiger partial charge in [0.2, 0.25) is 5.91 Å². The highest BCUT2D eigenvalue weighted by Gasteiger charge is 2.24. The van der Waals surface area contributed by atoms with Crippen molar-refractivity contribution in [3.8, 4) is 23.2 Å². The molecule has 0 unspecified atom stereocenters. The molecule has 2 fully saturated rings. The van der Waals surface area contributed by atoms with E-state index in [9.17, 15) is 9.59 Å². The summed E-state index contributed by atoms with van der Waals surface area (Å²) in [6.07, 6.45) is 3.88. The number of piperazine rings is 1. The lowest BCUT2D eigenvalue weighted by atomic mass is 10.1. The summed E-state index contributed by atoms with van der Waals surface area (Å²) >= 11 is 0. The first-order valence-electron chi connectivity index (χ1n) is 13.4. The Labute approximate surface area is 244 Å². The van der Waals surface area contributed by atoms with Crippen molar-refractivity contribution in [3.63, 3.8) is 0 Å². The number of H-pyrrole nitrogens is 1. The third-order valence-electron chi connectivity index (χ3n) is 7.31. The summed E-state index contributed by atoms with van der Waals surface area (Å²) in [4.78, 5) is 35.5. The Hall–Kier alpha value is -4.12. The maximum atomic E-state index is 12.5. The third kappa shape index (κ3) is 6.14. The normalized spacial score (nSPS) is 15.8. The molecule has 2 aliphatic rings. The van der Waals surface area contributed by atoms with Crippen LogP contribution >= 0.6 is 13.5 Å². The number of fused-ring (bicyclic) bond motifs is 2. The fraction of sp³-hybridized carbons (Fsp3) is 0.393. The van der Waals surface area contributed by atoms with E-state index in [-0.39, 0.29) is 25.9 Å². The largest absolute Gasteiger partial charge is 0.378 e. The van der Waals surface area contributed by atoms with E-state index in [1.54, 1.807) is 11.8 Å². The number of rotatable bonds is 6. The van der Waals surface area contributed by atoms with Crippen molar-refractivity contribution in [3.05, 3.63) is 42.2 Å². The molecule has 4 aromatic rings. The Balaban J connectivity index is 0.00000337. The highest BCUT2D eigenvalue weighted by Crippen LogP contribution is 2.29. The third-order valence-corrected chi connectivity index (χ3v) is 7.31. The Kier molecular flexibility index (Phi) is 8.72. The molecule has 1 aromatic carbocycles. The topological polar surface area (TPSA) is 124 Å². The van der Waals surface area contributed by atoms with Crippen molar-refractivity contribution >= 4 is 47.5 Å². The molecule has 2 amide bonds. The summed E-state index contributed by atoms with van der Waals surface area (Å²) in [6, 6.07) is 8.16.